The van der Waals surface area contributed by atoms with E-state index in [9.17, 15) is 0 Å². The predicted octanol–water partition coefficient (Wildman–Crippen LogP) is 2.73. The lowest BCUT2D eigenvalue weighted by Crippen LogP contribution is -2.48. The van der Waals surface area contributed by atoms with Crippen molar-refractivity contribution in [2.75, 3.05) is 19.6 Å². The number of nitrogens with zero attached hydrogens (tertiary/aromatic N) is 4. The van der Waals surface area contributed by atoms with Crippen LogP contribution in [-0.2, 0) is 6.54 Å². The number of hydrogen-bond donors (Lipinski definition) is 1. The SMILES string of the molecule is C[C@@H]1CN(Cc2cn(-c3ccccc3)nc2-c2cccnc2)CCN1. The number of para-hydroxylation sites is 1. The molecule has 1 aliphatic heterocycles. The minimum absolute atomic E-state index is 0.528. The fraction of sp³-hybridized carbons (Fsp3) is 0.300. The van der Waals surface area contributed by atoms with Crippen molar-refractivity contribution in [3.05, 3.63) is 66.6 Å². The Kier molecular flexibility index (Phi) is 4.59. The van der Waals surface area contributed by atoms with Crippen LogP contribution in [0.25, 0.3) is 16.9 Å². The summed E-state index contributed by atoms with van der Waals surface area (Å²) in [6, 6.07) is 14.8. The van der Waals surface area contributed by atoms with E-state index >= 15 is 0 Å². The first-order valence-corrected chi connectivity index (χ1v) is 8.80. The fourth-order valence-electron chi connectivity index (χ4n) is 3.38. The lowest BCUT2D eigenvalue weighted by molar-refractivity contribution is 0.200. The number of nitrogens with one attached hydrogen (secondary N) is 1. The molecule has 0 saturated carbocycles. The first-order chi connectivity index (χ1) is 12.3. The van der Waals surface area contributed by atoms with Crippen molar-refractivity contribution in [1.29, 1.82) is 0 Å². The van der Waals surface area contributed by atoms with Gasteiger partial charge >= 0.3 is 0 Å². The Bertz CT molecular complexity index is 813. The molecule has 1 aromatic carbocycles. The molecule has 1 fully saturated rings. The van der Waals surface area contributed by atoms with Gasteiger partial charge in [0.25, 0.3) is 0 Å². The molecular weight excluding hydrogens is 310 g/mol. The minimum Gasteiger partial charge on any atom is -0.312 e. The normalized spacial score (nSPS) is 18.4. The molecule has 1 saturated heterocycles. The molecule has 1 aliphatic rings. The van der Waals surface area contributed by atoms with Crippen LogP contribution in [0.4, 0.5) is 0 Å². The zero-order chi connectivity index (χ0) is 17.1. The van der Waals surface area contributed by atoms with E-state index in [-0.39, 0.29) is 0 Å². The highest BCUT2D eigenvalue weighted by Crippen LogP contribution is 2.24. The Balaban J connectivity index is 1.69. The summed E-state index contributed by atoms with van der Waals surface area (Å²) in [5.41, 5.74) is 4.40. The summed E-state index contributed by atoms with van der Waals surface area (Å²) >= 11 is 0. The van der Waals surface area contributed by atoms with Gasteiger partial charge < -0.3 is 5.32 Å². The molecule has 3 heterocycles. The van der Waals surface area contributed by atoms with Crippen LogP contribution >= 0.6 is 0 Å². The number of aromatic nitrogens is 3. The van der Waals surface area contributed by atoms with Crippen molar-refractivity contribution in [3.63, 3.8) is 0 Å². The molecule has 0 aliphatic carbocycles. The zero-order valence-corrected chi connectivity index (χ0v) is 14.5. The lowest BCUT2D eigenvalue weighted by Gasteiger charge is -2.31. The zero-order valence-electron chi connectivity index (χ0n) is 14.5. The van der Waals surface area contributed by atoms with E-state index in [1.54, 1.807) is 6.20 Å². The van der Waals surface area contributed by atoms with Gasteiger partial charge in [0.05, 0.1) is 11.4 Å². The number of rotatable bonds is 4. The molecule has 25 heavy (non-hydrogen) atoms. The van der Waals surface area contributed by atoms with Gasteiger partial charge in [-0.2, -0.15) is 5.10 Å². The molecular formula is C20H23N5. The molecule has 0 unspecified atom stereocenters. The molecule has 0 spiro atoms. The molecule has 0 amide bonds. The number of benzene rings is 1. The molecule has 5 nitrogen and oxygen atoms in total. The van der Waals surface area contributed by atoms with E-state index in [0.717, 1.165) is 43.1 Å². The Hall–Kier alpha value is -2.50. The van der Waals surface area contributed by atoms with Gasteiger partial charge in [-0.1, -0.05) is 18.2 Å². The molecule has 0 bridgehead atoms. The Labute approximate surface area is 148 Å². The molecule has 0 radical (unpaired) electrons. The summed E-state index contributed by atoms with van der Waals surface area (Å²) in [4.78, 5) is 6.76. The van der Waals surface area contributed by atoms with Gasteiger partial charge in [0.1, 0.15) is 0 Å². The topological polar surface area (TPSA) is 46.0 Å². The maximum atomic E-state index is 4.87. The molecule has 1 N–H and O–H groups in total. The highest BCUT2D eigenvalue weighted by molar-refractivity contribution is 5.62. The Morgan fingerprint density at radius 1 is 1.16 bits per heavy atom. The summed E-state index contributed by atoms with van der Waals surface area (Å²) in [6.07, 6.45) is 5.85. The van der Waals surface area contributed by atoms with Gasteiger partial charge in [0, 0.05) is 61.9 Å². The van der Waals surface area contributed by atoms with Gasteiger partial charge in [0.2, 0.25) is 0 Å². The highest BCUT2D eigenvalue weighted by atomic mass is 15.3. The second-order valence-corrected chi connectivity index (χ2v) is 6.62. The summed E-state index contributed by atoms with van der Waals surface area (Å²) in [5, 5.41) is 8.37. The largest absolute Gasteiger partial charge is 0.312 e. The number of piperazine rings is 1. The van der Waals surface area contributed by atoms with Crippen LogP contribution in [0.2, 0.25) is 0 Å². The minimum atomic E-state index is 0.528. The highest BCUT2D eigenvalue weighted by Gasteiger charge is 2.19. The summed E-state index contributed by atoms with van der Waals surface area (Å²) in [6.45, 7) is 6.30. The van der Waals surface area contributed by atoms with Gasteiger partial charge in [-0.3, -0.25) is 9.88 Å². The molecule has 4 rings (SSSR count). The van der Waals surface area contributed by atoms with E-state index in [1.807, 2.05) is 35.1 Å². The Morgan fingerprint density at radius 3 is 2.80 bits per heavy atom. The van der Waals surface area contributed by atoms with Crippen molar-refractivity contribution in [3.8, 4) is 16.9 Å². The molecule has 128 valence electrons. The van der Waals surface area contributed by atoms with E-state index in [1.165, 1.54) is 5.56 Å². The average Bonchev–Trinajstić information content (AvgIpc) is 3.07. The quantitative estimate of drug-likeness (QED) is 0.797. The van der Waals surface area contributed by atoms with Crippen LogP contribution in [-0.4, -0.2) is 45.3 Å². The first kappa shape index (κ1) is 16.0. The van der Waals surface area contributed by atoms with Crippen molar-refractivity contribution in [2.45, 2.75) is 19.5 Å². The van der Waals surface area contributed by atoms with Crippen LogP contribution in [0.15, 0.2) is 61.1 Å². The van der Waals surface area contributed by atoms with Gasteiger partial charge in [-0.15, -0.1) is 0 Å². The molecule has 5 heteroatoms. The van der Waals surface area contributed by atoms with Crippen molar-refractivity contribution < 1.29 is 0 Å². The van der Waals surface area contributed by atoms with E-state index in [4.69, 9.17) is 5.10 Å². The second kappa shape index (κ2) is 7.17. The summed E-state index contributed by atoms with van der Waals surface area (Å²) in [7, 11) is 0. The fourth-order valence-corrected chi connectivity index (χ4v) is 3.38. The average molecular weight is 333 g/mol. The molecule has 1 atom stereocenters. The van der Waals surface area contributed by atoms with Gasteiger partial charge in [-0.25, -0.2) is 4.68 Å². The summed E-state index contributed by atoms with van der Waals surface area (Å²) in [5.74, 6) is 0. The van der Waals surface area contributed by atoms with Crippen LogP contribution in [0.1, 0.15) is 12.5 Å². The Morgan fingerprint density at radius 2 is 2.04 bits per heavy atom. The van der Waals surface area contributed by atoms with Gasteiger partial charge in [0.15, 0.2) is 0 Å². The van der Waals surface area contributed by atoms with E-state index in [0.29, 0.717) is 6.04 Å². The molecule has 2 aromatic heterocycles. The predicted molar refractivity (Wildman–Crippen MR) is 99.5 cm³/mol. The summed E-state index contributed by atoms with van der Waals surface area (Å²) < 4.78 is 1.98. The number of pyridine rings is 1. The van der Waals surface area contributed by atoms with Crippen LogP contribution in [0, 0.1) is 0 Å². The van der Waals surface area contributed by atoms with Crippen molar-refractivity contribution in [2.24, 2.45) is 0 Å². The smallest absolute Gasteiger partial charge is 0.0988 e. The maximum Gasteiger partial charge on any atom is 0.0988 e. The number of hydrogen-bond acceptors (Lipinski definition) is 4. The van der Waals surface area contributed by atoms with E-state index in [2.05, 4.69) is 46.5 Å². The molecule has 3 aromatic rings. The van der Waals surface area contributed by atoms with E-state index < -0.39 is 0 Å². The van der Waals surface area contributed by atoms with Crippen molar-refractivity contribution >= 4 is 0 Å². The van der Waals surface area contributed by atoms with Gasteiger partial charge in [-0.05, 0) is 31.2 Å². The standard InChI is InChI=1S/C20H23N5/c1-16-13-24(11-10-22-16)14-18-15-25(19-7-3-2-4-8-19)23-20(18)17-6-5-9-21-12-17/h2-9,12,15-16,22H,10-11,13-14H2,1H3/t16-/m1/s1. The monoisotopic (exact) mass is 333 g/mol. The van der Waals surface area contributed by atoms with Crippen LogP contribution < -0.4 is 5.32 Å². The maximum absolute atomic E-state index is 4.87. The second-order valence-electron chi connectivity index (χ2n) is 6.62. The first-order valence-electron chi connectivity index (χ1n) is 8.80. The van der Waals surface area contributed by atoms with Crippen molar-refractivity contribution in [1.82, 2.24) is 25.0 Å². The third kappa shape index (κ3) is 3.62. The third-order valence-electron chi connectivity index (χ3n) is 4.59. The lowest BCUT2D eigenvalue weighted by atomic mass is 10.1. The van der Waals surface area contributed by atoms with Crippen LogP contribution in [0.3, 0.4) is 0 Å². The van der Waals surface area contributed by atoms with Crippen LogP contribution in [0.5, 0.6) is 0 Å². The third-order valence-corrected chi connectivity index (χ3v) is 4.59.